The van der Waals surface area contributed by atoms with Crippen LogP contribution in [0.2, 0.25) is 0 Å². The first kappa shape index (κ1) is 17.8. The number of hydrogen-bond acceptors (Lipinski definition) is 3. The number of benzene rings is 1. The molecule has 1 aromatic carbocycles. The van der Waals surface area contributed by atoms with Crippen molar-refractivity contribution in [3.05, 3.63) is 29.3 Å². The van der Waals surface area contributed by atoms with Gasteiger partial charge in [-0.05, 0) is 36.6 Å². The fourth-order valence-corrected chi connectivity index (χ4v) is 4.27. The van der Waals surface area contributed by atoms with E-state index in [2.05, 4.69) is 23.5 Å². The molecule has 3 aliphatic heterocycles. The van der Waals surface area contributed by atoms with Gasteiger partial charge >= 0.3 is 0 Å². The van der Waals surface area contributed by atoms with Gasteiger partial charge in [-0.15, -0.1) is 0 Å². The Bertz CT molecular complexity index is 623. The Morgan fingerprint density at radius 2 is 2.00 bits per heavy atom. The van der Waals surface area contributed by atoms with Crippen LogP contribution in [-0.4, -0.2) is 64.5 Å². The standard InChI is InChI=1S/C20H29N3O3/c24-20(21-13-18-2-1-10-25-18)15-23-8-6-22(7-9-23)14-16-3-4-19-17(12-16)5-11-26-19/h3-4,12,18H,1-2,5-11,13-15H2,(H,21,24)/p+2/t18-/m0/s1. The Hall–Kier alpha value is -1.63. The van der Waals surface area contributed by atoms with Crippen molar-refractivity contribution in [3.8, 4) is 5.75 Å². The molecule has 3 heterocycles. The summed E-state index contributed by atoms with van der Waals surface area (Å²) in [7, 11) is 0. The first-order valence-corrected chi connectivity index (χ1v) is 10.1. The molecule has 26 heavy (non-hydrogen) atoms. The Morgan fingerprint density at radius 3 is 2.81 bits per heavy atom. The molecule has 0 radical (unpaired) electrons. The van der Waals surface area contributed by atoms with Gasteiger partial charge in [-0.1, -0.05) is 0 Å². The molecule has 0 aromatic heterocycles. The molecule has 0 saturated carbocycles. The van der Waals surface area contributed by atoms with Crippen molar-refractivity contribution in [1.82, 2.24) is 5.32 Å². The molecule has 1 amide bonds. The molecule has 1 atom stereocenters. The second-order valence-electron chi connectivity index (χ2n) is 7.83. The van der Waals surface area contributed by atoms with Crippen molar-refractivity contribution in [2.24, 2.45) is 0 Å². The van der Waals surface area contributed by atoms with Crippen LogP contribution in [0.1, 0.15) is 24.0 Å². The largest absolute Gasteiger partial charge is 0.493 e. The van der Waals surface area contributed by atoms with Gasteiger partial charge in [0.15, 0.2) is 6.54 Å². The van der Waals surface area contributed by atoms with Gasteiger partial charge in [0, 0.05) is 25.1 Å². The van der Waals surface area contributed by atoms with E-state index in [4.69, 9.17) is 9.47 Å². The van der Waals surface area contributed by atoms with E-state index in [-0.39, 0.29) is 12.0 Å². The Morgan fingerprint density at radius 1 is 1.15 bits per heavy atom. The lowest BCUT2D eigenvalue weighted by Crippen LogP contribution is -3.28. The number of carbonyl (C=O) groups is 1. The molecule has 3 aliphatic rings. The van der Waals surface area contributed by atoms with Crippen molar-refractivity contribution >= 4 is 5.91 Å². The molecule has 0 unspecified atom stereocenters. The number of nitrogens with one attached hydrogen (secondary N) is 3. The summed E-state index contributed by atoms with van der Waals surface area (Å²) < 4.78 is 11.1. The summed E-state index contributed by atoms with van der Waals surface area (Å²) in [5, 5.41) is 3.04. The normalized spacial score (nSPS) is 27.8. The van der Waals surface area contributed by atoms with Crippen LogP contribution < -0.4 is 19.9 Å². The Balaban J connectivity index is 1.17. The third-order valence-corrected chi connectivity index (χ3v) is 5.83. The van der Waals surface area contributed by atoms with E-state index in [1.165, 1.54) is 16.0 Å². The number of ether oxygens (including phenoxy) is 2. The van der Waals surface area contributed by atoms with Crippen LogP contribution in [0.15, 0.2) is 18.2 Å². The third kappa shape index (κ3) is 4.55. The van der Waals surface area contributed by atoms with Gasteiger partial charge in [0.25, 0.3) is 5.91 Å². The molecule has 0 spiro atoms. The Kier molecular flexibility index (Phi) is 5.72. The first-order chi connectivity index (χ1) is 12.8. The van der Waals surface area contributed by atoms with E-state index in [0.717, 1.165) is 70.9 Å². The molecular weight excluding hydrogens is 330 g/mol. The minimum atomic E-state index is 0.164. The maximum Gasteiger partial charge on any atom is 0.275 e. The molecule has 2 fully saturated rings. The molecule has 6 nitrogen and oxygen atoms in total. The third-order valence-electron chi connectivity index (χ3n) is 5.83. The summed E-state index contributed by atoms with van der Waals surface area (Å²) in [4.78, 5) is 15.2. The molecule has 1 aromatic rings. The van der Waals surface area contributed by atoms with Crippen molar-refractivity contribution in [2.45, 2.75) is 31.9 Å². The molecule has 6 heteroatoms. The lowest BCUT2D eigenvalue weighted by molar-refractivity contribution is -1.02. The number of rotatable bonds is 6. The van der Waals surface area contributed by atoms with Crippen molar-refractivity contribution < 1.29 is 24.1 Å². The van der Waals surface area contributed by atoms with Gasteiger partial charge in [-0.3, -0.25) is 4.79 Å². The fraction of sp³-hybridized carbons (Fsp3) is 0.650. The summed E-state index contributed by atoms with van der Waals surface area (Å²) in [5.74, 6) is 1.23. The monoisotopic (exact) mass is 361 g/mol. The van der Waals surface area contributed by atoms with Gasteiger partial charge in [0.1, 0.15) is 38.5 Å². The average Bonchev–Trinajstić information content (AvgIpc) is 3.33. The van der Waals surface area contributed by atoms with Gasteiger partial charge < -0.3 is 24.6 Å². The van der Waals surface area contributed by atoms with Gasteiger partial charge in [-0.2, -0.15) is 0 Å². The predicted octanol–water partition coefficient (Wildman–Crippen LogP) is -1.80. The summed E-state index contributed by atoms with van der Waals surface area (Å²) in [6.45, 7) is 8.39. The zero-order chi connectivity index (χ0) is 17.8. The van der Waals surface area contributed by atoms with Crippen LogP contribution in [0.4, 0.5) is 0 Å². The molecular formula is C20H31N3O3+2. The highest BCUT2D eigenvalue weighted by molar-refractivity contribution is 5.76. The zero-order valence-corrected chi connectivity index (χ0v) is 15.5. The lowest BCUT2D eigenvalue weighted by Gasteiger charge is -2.29. The molecule has 3 N–H and O–H groups in total. The number of hydrogen-bond donors (Lipinski definition) is 3. The van der Waals surface area contributed by atoms with Crippen LogP contribution in [0.3, 0.4) is 0 Å². The fourth-order valence-electron chi connectivity index (χ4n) is 4.27. The summed E-state index contributed by atoms with van der Waals surface area (Å²) in [6.07, 6.45) is 3.46. The van der Waals surface area contributed by atoms with Gasteiger partial charge in [0.2, 0.25) is 0 Å². The quantitative estimate of drug-likeness (QED) is 0.561. The van der Waals surface area contributed by atoms with Crippen LogP contribution in [0.5, 0.6) is 5.75 Å². The van der Waals surface area contributed by atoms with E-state index in [1.54, 1.807) is 4.90 Å². The highest BCUT2D eigenvalue weighted by Crippen LogP contribution is 2.25. The second kappa shape index (κ2) is 8.37. The molecule has 0 aliphatic carbocycles. The number of fused-ring (bicyclic) bond motifs is 1. The maximum absolute atomic E-state index is 12.1. The maximum atomic E-state index is 12.1. The van der Waals surface area contributed by atoms with Crippen LogP contribution in [0.25, 0.3) is 0 Å². The van der Waals surface area contributed by atoms with E-state index in [0.29, 0.717) is 13.1 Å². The molecule has 2 saturated heterocycles. The van der Waals surface area contributed by atoms with Crippen molar-refractivity contribution in [2.75, 3.05) is 52.5 Å². The van der Waals surface area contributed by atoms with Crippen LogP contribution in [-0.2, 0) is 22.5 Å². The Labute approximate surface area is 155 Å². The summed E-state index contributed by atoms with van der Waals surface area (Å²) in [5.41, 5.74) is 2.76. The first-order valence-electron chi connectivity index (χ1n) is 10.1. The smallest absolute Gasteiger partial charge is 0.275 e. The topological polar surface area (TPSA) is 56.4 Å². The van der Waals surface area contributed by atoms with E-state index in [9.17, 15) is 4.79 Å². The number of carbonyl (C=O) groups excluding carboxylic acids is 1. The van der Waals surface area contributed by atoms with Gasteiger partial charge in [0.05, 0.1) is 12.7 Å². The molecule has 142 valence electrons. The van der Waals surface area contributed by atoms with Crippen molar-refractivity contribution in [1.29, 1.82) is 0 Å². The molecule has 4 rings (SSSR count). The number of quaternary nitrogens is 2. The van der Waals surface area contributed by atoms with E-state index >= 15 is 0 Å². The SMILES string of the molecule is O=C(C[NH+]1CC[NH+](Cc2ccc3c(c2)CCO3)CC1)NC[C@@H]1CCCO1. The van der Waals surface area contributed by atoms with E-state index < -0.39 is 0 Å². The lowest BCUT2D eigenvalue weighted by atomic mass is 10.1. The minimum absolute atomic E-state index is 0.164. The highest BCUT2D eigenvalue weighted by atomic mass is 16.5. The van der Waals surface area contributed by atoms with E-state index in [1.807, 2.05) is 0 Å². The second-order valence-corrected chi connectivity index (χ2v) is 7.83. The predicted molar refractivity (Wildman–Crippen MR) is 97.6 cm³/mol. The van der Waals surface area contributed by atoms with Crippen LogP contribution >= 0.6 is 0 Å². The number of piperazine rings is 1. The van der Waals surface area contributed by atoms with Crippen LogP contribution in [0, 0.1) is 0 Å². The summed E-state index contributed by atoms with van der Waals surface area (Å²) in [6, 6.07) is 6.64. The highest BCUT2D eigenvalue weighted by Gasteiger charge is 2.26. The zero-order valence-electron chi connectivity index (χ0n) is 15.5. The minimum Gasteiger partial charge on any atom is -0.493 e. The van der Waals surface area contributed by atoms with Crippen molar-refractivity contribution in [3.63, 3.8) is 0 Å². The number of amides is 1. The average molecular weight is 361 g/mol. The summed E-state index contributed by atoms with van der Waals surface area (Å²) >= 11 is 0. The molecule has 0 bridgehead atoms. The van der Waals surface area contributed by atoms with Gasteiger partial charge in [-0.25, -0.2) is 0 Å².